The van der Waals surface area contributed by atoms with Crippen LogP contribution < -0.4 is 16.0 Å². The first-order valence-electron chi connectivity index (χ1n) is 7.73. The number of nitrogens with zero attached hydrogens (tertiary/aromatic N) is 2. The number of primary amides is 1. The van der Waals surface area contributed by atoms with E-state index >= 15 is 0 Å². The smallest absolute Gasteiger partial charge is 0.387 e. The summed E-state index contributed by atoms with van der Waals surface area (Å²) in [6, 6.07) is 6.97. The number of hydrogen-bond donors (Lipinski definition) is 1. The number of halogens is 2. The van der Waals surface area contributed by atoms with Gasteiger partial charge in [-0.25, -0.2) is 4.98 Å². The number of hydrogen-bond acceptors (Lipinski definition) is 4. The van der Waals surface area contributed by atoms with E-state index in [1.807, 2.05) is 6.92 Å². The van der Waals surface area contributed by atoms with Crippen molar-refractivity contribution in [1.29, 1.82) is 0 Å². The molecule has 1 aromatic heterocycles. The maximum absolute atomic E-state index is 12.4. The van der Waals surface area contributed by atoms with Crippen molar-refractivity contribution in [2.24, 2.45) is 11.1 Å². The number of carbonyl (C=O) groups is 1. The second-order valence-corrected chi connectivity index (χ2v) is 6.39. The van der Waals surface area contributed by atoms with Gasteiger partial charge in [0, 0.05) is 6.07 Å². The van der Waals surface area contributed by atoms with E-state index in [0.717, 1.165) is 24.5 Å². The molecule has 2 aromatic rings. The lowest BCUT2D eigenvalue weighted by Crippen LogP contribution is -2.31. The molecule has 1 atom stereocenters. The number of rotatable bonds is 6. The summed E-state index contributed by atoms with van der Waals surface area (Å²) in [4.78, 5) is 27.6. The predicted molar refractivity (Wildman–Crippen MR) is 85.6 cm³/mol. The summed E-state index contributed by atoms with van der Waals surface area (Å²) < 4.78 is 30.4. The van der Waals surface area contributed by atoms with Gasteiger partial charge in [-0.15, -0.1) is 0 Å². The fourth-order valence-corrected chi connectivity index (χ4v) is 2.94. The van der Waals surface area contributed by atoms with Gasteiger partial charge in [-0.2, -0.15) is 8.78 Å². The lowest BCUT2D eigenvalue weighted by Gasteiger charge is -2.26. The van der Waals surface area contributed by atoms with E-state index in [2.05, 4.69) is 9.72 Å². The maximum Gasteiger partial charge on any atom is 0.387 e. The summed E-state index contributed by atoms with van der Waals surface area (Å²) in [5, 5.41) is 0. The van der Waals surface area contributed by atoms with Gasteiger partial charge in [0.1, 0.15) is 11.4 Å². The Morgan fingerprint density at radius 3 is 2.44 bits per heavy atom. The molecular formula is C17H17F2N3O3. The minimum Gasteiger partial charge on any atom is -0.435 e. The van der Waals surface area contributed by atoms with E-state index in [0.29, 0.717) is 0 Å². The number of amides is 1. The monoisotopic (exact) mass is 349 g/mol. The molecule has 1 fully saturated rings. The molecule has 0 aliphatic heterocycles. The zero-order valence-corrected chi connectivity index (χ0v) is 13.5. The second kappa shape index (κ2) is 6.27. The van der Waals surface area contributed by atoms with Crippen molar-refractivity contribution in [2.45, 2.75) is 32.4 Å². The van der Waals surface area contributed by atoms with Crippen LogP contribution in [0.4, 0.5) is 8.78 Å². The van der Waals surface area contributed by atoms with Crippen LogP contribution in [0.3, 0.4) is 0 Å². The first-order valence-corrected chi connectivity index (χ1v) is 7.73. The highest BCUT2D eigenvalue weighted by Gasteiger charge is 2.47. The molecule has 3 rings (SSSR count). The van der Waals surface area contributed by atoms with Crippen LogP contribution in [0.25, 0.3) is 0 Å². The minimum absolute atomic E-state index is 0.0491. The van der Waals surface area contributed by atoms with Gasteiger partial charge in [0.25, 0.3) is 11.5 Å². The molecule has 0 saturated heterocycles. The molecule has 8 heteroatoms. The first kappa shape index (κ1) is 17.1. The fraction of sp³-hybridized carbons (Fsp3) is 0.353. The lowest BCUT2D eigenvalue weighted by atomic mass is 9.91. The van der Waals surface area contributed by atoms with E-state index in [1.54, 1.807) is 12.1 Å². The van der Waals surface area contributed by atoms with Crippen LogP contribution in [0.5, 0.6) is 5.75 Å². The third-order valence-corrected chi connectivity index (χ3v) is 4.49. The van der Waals surface area contributed by atoms with Gasteiger partial charge in [-0.05, 0) is 36.0 Å². The van der Waals surface area contributed by atoms with Gasteiger partial charge in [-0.1, -0.05) is 19.1 Å². The topological polar surface area (TPSA) is 87.2 Å². The molecule has 0 radical (unpaired) electrons. The molecule has 6 nitrogen and oxygen atoms in total. The summed E-state index contributed by atoms with van der Waals surface area (Å²) in [6.07, 6.45) is 3.13. The Morgan fingerprint density at radius 1 is 1.32 bits per heavy atom. The van der Waals surface area contributed by atoms with E-state index < -0.39 is 18.1 Å². The summed E-state index contributed by atoms with van der Waals surface area (Å²) in [5.74, 6) is -0.722. The number of ether oxygens (including phenoxy) is 1. The average Bonchev–Trinajstić information content (AvgIpc) is 3.28. The molecule has 25 heavy (non-hydrogen) atoms. The molecule has 0 unspecified atom stereocenters. The Balaban J connectivity index is 1.99. The Hall–Kier alpha value is -2.77. The van der Waals surface area contributed by atoms with E-state index in [1.165, 1.54) is 23.0 Å². The van der Waals surface area contributed by atoms with Crippen LogP contribution >= 0.6 is 0 Å². The molecule has 0 bridgehead atoms. The fourth-order valence-electron chi connectivity index (χ4n) is 2.94. The van der Waals surface area contributed by atoms with E-state index in [4.69, 9.17) is 5.73 Å². The van der Waals surface area contributed by atoms with E-state index in [9.17, 15) is 18.4 Å². The molecule has 1 saturated carbocycles. The molecule has 1 aromatic carbocycles. The van der Waals surface area contributed by atoms with Crippen LogP contribution in [0.1, 0.15) is 41.9 Å². The van der Waals surface area contributed by atoms with Gasteiger partial charge in [-0.3, -0.25) is 14.2 Å². The number of benzene rings is 1. The first-order chi connectivity index (χ1) is 11.8. The van der Waals surface area contributed by atoms with Gasteiger partial charge < -0.3 is 10.5 Å². The summed E-state index contributed by atoms with van der Waals surface area (Å²) in [7, 11) is 0. The van der Waals surface area contributed by atoms with Crippen molar-refractivity contribution in [2.75, 3.05) is 0 Å². The van der Waals surface area contributed by atoms with Crippen molar-refractivity contribution in [3.05, 3.63) is 58.3 Å². The number of aromatic nitrogens is 2. The standard InChI is InChI=1S/C17H17F2N3O3/c1-17(6-7-17)14(10-2-4-11(5-3-10)25-16(18)19)22-9-21-12(15(20)24)8-13(22)23/h2-5,8-9,14,16H,6-7H2,1H3,(H2,20,24)/t14-/m0/s1. The van der Waals surface area contributed by atoms with E-state index in [-0.39, 0.29) is 22.9 Å². The molecule has 1 aliphatic rings. The molecule has 2 N–H and O–H groups in total. The number of carbonyl (C=O) groups excluding carboxylic acids is 1. The van der Waals surface area contributed by atoms with Crippen LogP contribution in [0.2, 0.25) is 0 Å². The van der Waals surface area contributed by atoms with Gasteiger partial charge >= 0.3 is 6.61 Å². The molecule has 1 heterocycles. The third kappa shape index (κ3) is 3.52. The summed E-state index contributed by atoms with van der Waals surface area (Å²) in [6.45, 7) is -0.855. The molecular weight excluding hydrogens is 332 g/mol. The van der Waals surface area contributed by atoms with Crippen molar-refractivity contribution < 1.29 is 18.3 Å². The highest BCUT2D eigenvalue weighted by atomic mass is 19.3. The molecule has 0 spiro atoms. The zero-order valence-electron chi connectivity index (χ0n) is 13.5. The second-order valence-electron chi connectivity index (χ2n) is 6.39. The Bertz CT molecular complexity index is 845. The SMILES string of the molecule is CC1([C@H](c2ccc(OC(F)F)cc2)n2cnc(C(N)=O)cc2=O)CC1. The molecule has 1 aliphatic carbocycles. The van der Waals surface area contributed by atoms with Gasteiger partial charge in [0.2, 0.25) is 0 Å². The van der Waals surface area contributed by atoms with Crippen molar-refractivity contribution in [3.63, 3.8) is 0 Å². The molecule has 1 amide bonds. The average molecular weight is 349 g/mol. The Kier molecular flexibility index (Phi) is 4.28. The predicted octanol–water partition coefficient (Wildman–Crippen LogP) is 2.33. The molecule has 132 valence electrons. The van der Waals surface area contributed by atoms with Crippen molar-refractivity contribution in [3.8, 4) is 5.75 Å². The third-order valence-electron chi connectivity index (χ3n) is 4.49. The van der Waals surface area contributed by atoms with Crippen LogP contribution in [-0.2, 0) is 0 Å². The summed E-state index contributed by atoms with van der Waals surface area (Å²) >= 11 is 0. The Labute approximate surface area is 142 Å². The van der Waals surface area contributed by atoms with Gasteiger partial charge in [0.05, 0.1) is 12.4 Å². The largest absolute Gasteiger partial charge is 0.435 e. The Morgan fingerprint density at radius 2 is 1.96 bits per heavy atom. The normalized spacial score (nSPS) is 16.5. The van der Waals surface area contributed by atoms with Crippen LogP contribution in [0.15, 0.2) is 41.5 Å². The quantitative estimate of drug-likeness (QED) is 0.867. The van der Waals surface area contributed by atoms with Crippen molar-refractivity contribution in [1.82, 2.24) is 9.55 Å². The van der Waals surface area contributed by atoms with Crippen molar-refractivity contribution >= 4 is 5.91 Å². The van der Waals surface area contributed by atoms with Crippen LogP contribution in [-0.4, -0.2) is 22.1 Å². The minimum atomic E-state index is -2.89. The zero-order chi connectivity index (χ0) is 18.2. The lowest BCUT2D eigenvalue weighted by molar-refractivity contribution is -0.0498. The highest BCUT2D eigenvalue weighted by molar-refractivity contribution is 5.90. The highest BCUT2D eigenvalue weighted by Crippen LogP contribution is 2.55. The maximum atomic E-state index is 12.4. The number of alkyl halides is 2. The number of nitrogens with two attached hydrogens (primary N) is 1. The van der Waals surface area contributed by atoms with Crippen LogP contribution in [0, 0.1) is 5.41 Å². The summed E-state index contributed by atoms with van der Waals surface area (Å²) in [5.41, 5.74) is 5.29. The van der Waals surface area contributed by atoms with Gasteiger partial charge in [0.15, 0.2) is 0 Å².